The molecule has 0 saturated heterocycles. The van der Waals surface area contributed by atoms with E-state index >= 15 is 0 Å². The van der Waals surface area contributed by atoms with Gasteiger partial charge in [-0.15, -0.1) is 11.3 Å². The summed E-state index contributed by atoms with van der Waals surface area (Å²) in [5, 5.41) is 20.4. The average Bonchev–Trinajstić information content (AvgIpc) is 3.13. The summed E-state index contributed by atoms with van der Waals surface area (Å²) in [6, 6.07) is 1.76. The monoisotopic (exact) mass is 506 g/mol. The van der Waals surface area contributed by atoms with Crippen molar-refractivity contribution in [2.45, 2.75) is 90.0 Å². The minimum atomic E-state index is -0.791. The van der Waals surface area contributed by atoms with Gasteiger partial charge < -0.3 is 20.5 Å². The summed E-state index contributed by atoms with van der Waals surface area (Å²) >= 11 is 7.38. The molecule has 3 atom stereocenters. The lowest BCUT2D eigenvalue weighted by molar-refractivity contribution is -0.120. The molecule has 2 aromatic rings. The Balaban J connectivity index is 1.49. The third-order valence-electron chi connectivity index (χ3n) is 6.54. The van der Waals surface area contributed by atoms with Crippen LogP contribution in [-0.4, -0.2) is 45.3 Å². The van der Waals surface area contributed by atoms with Crippen molar-refractivity contribution >= 4 is 28.8 Å². The van der Waals surface area contributed by atoms with Crippen molar-refractivity contribution in [2.24, 2.45) is 5.41 Å². The number of carbonyl (C=O) groups is 1. The van der Waals surface area contributed by atoms with Gasteiger partial charge in [0.1, 0.15) is 10.8 Å². The van der Waals surface area contributed by atoms with Crippen LogP contribution in [0.25, 0.3) is 0 Å². The van der Waals surface area contributed by atoms with Crippen molar-refractivity contribution in [3.05, 3.63) is 38.9 Å². The summed E-state index contributed by atoms with van der Waals surface area (Å²) in [6.45, 7) is 8.44. The number of aromatic nitrogens is 2. The van der Waals surface area contributed by atoms with Gasteiger partial charge in [0.05, 0.1) is 17.2 Å². The van der Waals surface area contributed by atoms with Gasteiger partial charge in [-0.2, -0.15) is 0 Å². The number of nitrogens with one attached hydrogen (secondary N) is 2. The second-order valence-electron chi connectivity index (χ2n) is 10.9. The molecule has 1 fully saturated rings. The Morgan fingerprint density at radius 1 is 1.41 bits per heavy atom. The Labute approximate surface area is 210 Å². The van der Waals surface area contributed by atoms with Gasteiger partial charge in [-0.05, 0) is 42.7 Å². The molecule has 1 amide bonds. The first kappa shape index (κ1) is 25.4. The van der Waals surface area contributed by atoms with E-state index in [-0.39, 0.29) is 23.0 Å². The number of hydrogen-bond donors (Lipinski definition) is 3. The topological polar surface area (TPSA) is 96.4 Å². The first-order chi connectivity index (χ1) is 16.0. The molecule has 1 aliphatic carbocycles. The van der Waals surface area contributed by atoms with Gasteiger partial charge in [0.2, 0.25) is 11.8 Å². The Bertz CT molecular complexity index is 1020. The normalized spacial score (nSPS) is 20.7. The molecule has 0 unspecified atom stereocenters. The Morgan fingerprint density at radius 2 is 2.18 bits per heavy atom. The Kier molecular flexibility index (Phi) is 7.53. The van der Waals surface area contributed by atoms with Gasteiger partial charge in [0, 0.05) is 49.5 Å². The van der Waals surface area contributed by atoms with Crippen molar-refractivity contribution < 1.29 is 14.6 Å². The molecular formula is C25H35ClN4O3S. The molecule has 2 aromatic heterocycles. The molecule has 7 nitrogen and oxygen atoms in total. The summed E-state index contributed by atoms with van der Waals surface area (Å²) in [5.74, 6) is 0.513. The predicted molar refractivity (Wildman–Crippen MR) is 134 cm³/mol. The molecule has 1 spiro atoms. The van der Waals surface area contributed by atoms with Crippen LogP contribution in [0.3, 0.4) is 0 Å². The van der Waals surface area contributed by atoms with Crippen LogP contribution in [0.5, 0.6) is 5.88 Å². The number of fused-ring (bicyclic) bond motifs is 1. The maximum Gasteiger partial charge on any atom is 0.218 e. The van der Waals surface area contributed by atoms with Gasteiger partial charge in [0.15, 0.2) is 0 Å². The van der Waals surface area contributed by atoms with Crippen LogP contribution in [0.15, 0.2) is 17.6 Å². The van der Waals surface area contributed by atoms with Gasteiger partial charge in [0.25, 0.3) is 0 Å². The third kappa shape index (κ3) is 6.27. The predicted octanol–water partition coefficient (Wildman–Crippen LogP) is 4.22. The number of hydrogen-bond acceptors (Lipinski definition) is 7. The number of aliphatic hydroxyl groups is 1. The molecule has 0 radical (unpaired) electrons. The smallest absolute Gasteiger partial charge is 0.218 e. The van der Waals surface area contributed by atoms with E-state index in [1.807, 2.05) is 6.20 Å². The van der Waals surface area contributed by atoms with Crippen LogP contribution in [0.4, 0.5) is 0 Å². The largest absolute Gasteiger partial charge is 0.471 e. The number of rotatable bonds is 8. The van der Waals surface area contributed by atoms with Crippen LogP contribution in [0, 0.1) is 5.41 Å². The summed E-state index contributed by atoms with van der Waals surface area (Å²) in [6.07, 6.45) is 6.55. The van der Waals surface area contributed by atoms with Crippen molar-refractivity contribution in [1.82, 2.24) is 20.6 Å². The zero-order valence-electron chi connectivity index (χ0n) is 20.4. The van der Waals surface area contributed by atoms with Gasteiger partial charge >= 0.3 is 0 Å². The number of nitrogens with zero attached hydrogens (tertiary/aromatic N) is 2. The number of ether oxygens (including phenoxy) is 1. The maximum absolute atomic E-state index is 11.8. The van der Waals surface area contributed by atoms with Crippen molar-refractivity contribution in [3.8, 4) is 5.88 Å². The van der Waals surface area contributed by atoms with Crippen LogP contribution in [-0.2, 0) is 17.6 Å². The van der Waals surface area contributed by atoms with Crippen LogP contribution >= 0.6 is 22.9 Å². The number of carbonyl (C=O) groups excluding carboxylic acids is 1. The van der Waals surface area contributed by atoms with E-state index in [9.17, 15) is 9.90 Å². The van der Waals surface area contributed by atoms with Gasteiger partial charge in [-0.1, -0.05) is 32.4 Å². The zero-order chi connectivity index (χ0) is 24.5. The standard InChI is InChI=1S/C25H35ClN4O3S/c1-15(31)29-18(9-22-30-21(26)14-34-22)20(32)13-27-19-11-25(6-5-7-25)33-23-17(19)8-16(12-28-23)10-24(2,3)4/h8,12,14,18-20,27,32H,5-7,9-11,13H2,1-4H3,(H,29,31)/t18-,19-,20+/m0/s1. The zero-order valence-corrected chi connectivity index (χ0v) is 21.9. The highest BCUT2D eigenvalue weighted by Gasteiger charge is 2.46. The van der Waals surface area contributed by atoms with Crippen LogP contribution < -0.4 is 15.4 Å². The van der Waals surface area contributed by atoms with E-state index < -0.39 is 12.1 Å². The summed E-state index contributed by atoms with van der Waals surface area (Å²) in [5.41, 5.74) is 2.23. The molecule has 3 N–H and O–H groups in total. The van der Waals surface area contributed by atoms with E-state index in [2.05, 4.69) is 47.4 Å². The van der Waals surface area contributed by atoms with Crippen LogP contribution in [0.1, 0.15) is 75.6 Å². The summed E-state index contributed by atoms with van der Waals surface area (Å²) in [4.78, 5) is 20.8. The first-order valence-electron chi connectivity index (χ1n) is 12.0. The molecular weight excluding hydrogens is 472 g/mol. The third-order valence-corrected chi connectivity index (χ3v) is 7.74. The van der Waals surface area contributed by atoms with E-state index in [1.165, 1.54) is 23.8 Å². The Hall–Kier alpha value is -1.74. The van der Waals surface area contributed by atoms with E-state index in [1.54, 1.807) is 5.38 Å². The fraction of sp³-hybridized carbons (Fsp3) is 0.640. The molecule has 1 saturated carbocycles. The van der Waals surface area contributed by atoms with E-state index in [0.717, 1.165) is 42.7 Å². The summed E-state index contributed by atoms with van der Waals surface area (Å²) in [7, 11) is 0. The SMILES string of the molecule is CC(=O)N[C@@H](Cc1nc(Cl)cs1)[C@H](O)CN[C@H]1CC2(CCC2)Oc2ncc(CC(C)(C)C)cc21. The lowest BCUT2D eigenvalue weighted by Crippen LogP contribution is -2.52. The molecule has 0 aromatic carbocycles. The number of amides is 1. The van der Waals surface area contributed by atoms with Gasteiger partial charge in [-0.3, -0.25) is 4.79 Å². The highest BCUT2D eigenvalue weighted by molar-refractivity contribution is 7.10. The fourth-order valence-electron chi connectivity index (χ4n) is 4.87. The molecule has 34 heavy (non-hydrogen) atoms. The highest BCUT2D eigenvalue weighted by atomic mass is 35.5. The Morgan fingerprint density at radius 3 is 2.76 bits per heavy atom. The first-order valence-corrected chi connectivity index (χ1v) is 13.2. The average molecular weight is 507 g/mol. The second kappa shape index (κ2) is 10.1. The number of thiazole rings is 1. The van der Waals surface area contributed by atoms with Gasteiger partial charge in [-0.25, -0.2) is 9.97 Å². The molecule has 4 rings (SSSR count). The quantitative estimate of drug-likeness (QED) is 0.496. The molecule has 3 heterocycles. The summed E-state index contributed by atoms with van der Waals surface area (Å²) < 4.78 is 6.37. The lowest BCUT2D eigenvalue weighted by Gasteiger charge is -2.47. The van der Waals surface area contributed by atoms with Crippen molar-refractivity contribution in [1.29, 1.82) is 0 Å². The molecule has 9 heteroatoms. The fourth-order valence-corrected chi connectivity index (χ4v) is 5.87. The van der Waals surface area contributed by atoms with Crippen LogP contribution in [0.2, 0.25) is 5.15 Å². The number of pyridine rings is 1. The minimum Gasteiger partial charge on any atom is -0.471 e. The molecule has 186 valence electrons. The van der Waals surface area contributed by atoms with E-state index in [0.29, 0.717) is 24.0 Å². The minimum absolute atomic E-state index is 0.0263. The van der Waals surface area contributed by atoms with Crippen molar-refractivity contribution in [3.63, 3.8) is 0 Å². The second-order valence-corrected chi connectivity index (χ2v) is 12.3. The molecule has 1 aliphatic heterocycles. The molecule has 0 bridgehead atoms. The van der Waals surface area contributed by atoms with Crippen molar-refractivity contribution in [2.75, 3.05) is 6.54 Å². The molecule has 2 aliphatic rings. The maximum atomic E-state index is 11.8. The highest BCUT2D eigenvalue weighted by Crippen LogP contribution is 2.48. The van der Waals surface area contributed by atoms with E-state index in [4.69, 9.17) is 16.3 Å². The number of halogens is 1. The lowest BCUT2D eigenvalue weighted by atomic mass is 9.73. The number of aliphatic hydroxyl groups excluding tert-OH is 1.